The molecule has 2 aromatic heterocycles. The van der Waals surface area contributed by atoms with Gasteiger partial charge in [0.05, 0.1) is 27.3 Å². The third-order valence-electron chi connectivity index (χ3n) is 4.37. The van der Waals surface area contributed by atoms with Crippen LogP contribution in [0.3, 0.4) is 0 Å². The number of hydrogen-bond donors (Lipinski definition) is 4. The van der Waals surface area contributed by atoms with E-state index in [1.165, 1.54) is 42.5 Å². The number of nitro groups is 1. The van der Waals surface area contributed by atoms with E-state index >= 15 is 0 Å². The fraction of sp³-hybridized carbons (Fsp3) is 0. The number of aromatic carboxylic acids is 1. The number of hydrogen-bond acceptors (Lipinski definition) is 7. The van der Waals surface area contributed by atoms with Crippen molar-refractivity contribution in [2.45, 2.75) is 0 Å². The summed E-state index contributed by atoms with van der Waals surface area (Å²) in [5.74, 6) is -1.93. The molecule has 4 rings (SSSR count). The van der Waals surface area contributed by atoms with Gasteiger partial charge >= 0.3 is 5.97 Å². The summed E-state index contributed by atoms with van der Waals surface area (Å²) < 4.78 is 0. The van der Waals surface area contributed by atoms with Crippen LogP contribution in [0.4, 0.5) is 5.69 Å². The van der Waals surface area contributed by atoms with E-state index in [2.05, 4.69) is 15.2 Å². The molecule has 0 radical (unpaired) electrons. The lowest BCUT2D eigenvalue weighted by molar-refractivity contribution is -0.384. The van der Waals surface area contributed by atoms with Crippen molar-refractivity contribution in [2.75, 3.05) is 0 Å². The second kappa shape index (κ2) is 6.60. The minimum atomic E-state index is -1.24. The van der Waals surface area contributed by atoms with Crippen LogP contribution in [0.1, 0.15) is 10.4 Å². The summed E-state index contributed by atoms with van der Waals surface area (Å²) in [6, 6.07) is 11.0. The summed E-state index contributed by atoms with van der Waals surface area (Å²) in [6.45, 7) is 0. The lowest BCUT2D eigenvalue weighted by Crippen LogP contribution is -2.00. The summed E-state index contributed by atoms with van der Waals surface area (Å²) >= 11 is 0. The van der Waals surface area contributed by atoms with Crippen molar-refractivity contribution < 1.29 is 25.0 Å². The number of phenolic OH excluding ortho intramolecular Hbond substituents is 2. The number of nitrogens with one attached hydrogen (secondary N) is 1. The van der Waals surface area contributed by atoms with Crippen LogP contribution >= 0.6 is 0 Å². The number of aromatic nitrogens is 3. The number of pyridine rings is 1. The van der Waals surface area contributed by atoms with E-state index in [0.717, 1.165) is 0 Å². The van der Waals surface area contributed by atoms with Gasteiger partial charge in [0.25, 0.3) is 5.69 Å². The summed E-state index contributed by atoms with van der Waals surface area (Å²) in [5, 5.41) is 46.9. The van der Waals surface area contributed by atoms with E-state index < -0.39 is 10.9 Å². The highest BCUT2D eigenvalue weighted by Gasteiger charge is 2.21. The third kappa shape index (κ3) is 3.08. The SMILES string of the molecule is O=C(O)c1cc(-c2ccc(O)c(O)c2)nc2n[nH]c(-c3cccc([N+](=O)[O-])c3)c12. The van der Waals surface area contributed by atoms with Crippen LogP contribution in [0.2, 0.25) is 0 Å². The highest BCUT2D eigenvalue weighted by molar-refractivity contribution is 6.08. The van der Waals surface area contributed by atoms with Gasteiger partial charge in [0, 0.05) is 23.3 Å². The van der Waals surface area contributed by atoms with Gasteiger partial charge in [-0.3, -0.25) is 15.2 Å². The number of carbonyl (C=O) groups is 1. The van der Waals surface area contributed by atoms with Gasteiger partial charge in [-0.25, -0.2) is 9.78 Å². The lowest BCUT2D eigenvalue weighted by Gasteiger charge is -2.07. The Labute approximate surface area is 161 Å². The number of phenols is 2. The maximum atomic E-state index is 11.9. The van der Waals surface area contributed by atoms with E-state index in [0.29, 0.717) is 11.1 Å². The van der Waals surface area contributed by atoms with E-state index in [-0.39, 0.29) is 45.2 Å². The van der Waals surface area contributed by atoms with E-state index in [1.54, 1.807) is 6.07 Å². The molecule has 2 heterocycles. The molecule has 0 spiro atoms. The number of aromatic hydroxyl groups is 2. The Morgan fingerprint density at radius 3 is 2.52 bits per heavy atom. The molecule has 0 aliphatic rings. The van der Waals surface area contributed by atoms with Crippen LogP contribution in [0.15, 0.2) is 48.5 Å². The second-order valence-electron chi connectivity index (χ2n) is 6.17. The zero-order chi connectivity index (χ0) is 20.7. The van der Waals surface area contributed by atoms with Gasteiger partial charge in [-0.1, -0.05) is 12.1 Å². The van der Waals surface area contributed by atoms with Crippen molar-refractivity contribution in [2.24, 2.45) is 0 Å². The Morgan fingerprint density at radius 1 is 1.03 bits per heavy atom. The molecule has 0 aliphatic carbocycles. The number of aromatic amines is 1. The quantitative estimate of drug-likeness (QED) is 0.233. The van der Waals surface area contributed by atoms with Crippen LogP contribution in [0, 0.1) is 10.1 Å². The van der Waals surface area contributed by atoms with Crippen molar-refractivity contribution in [3.8, 4) is 34.0 Å². The van der Waals surface area contributed by atoms with Crippen molar-refractivity contribution >= 4 is 22.7 Å². The summed E-state index contributed by atoms with van der Waals surface area (Å²) in [6.07, 6.45) is 0. The second-order valence-corrected chi connectivity index (χ2v) is 6.17. The van der Waals surface area contributed by atoms with Crippen LogP contribution < -0.4 is 0 Å². The molecule has 0 bridgehead atoms. The zero-order valence-electron chi connectivity index (χ0n) is 14.5. The van der Waals surface area contributed by atoms with E-state index in [1.807, 2.05) is 0 Å². The Balaban J connectivity index is 1.94. The summed E-state index contributed by atoms with van der Waals surface area (Å²) in [4.78, 5) is 26.7. The van der Waals surface area contributed by atoms with Gasteiger partial charge in [0.1, 0.15) is 0 Å². The zero-order valence-corrected chi connectivity index (χ0v) is 14.5. The Kier molecular flexibility index (Phi) is 4.08. The smallest absolute Gasteiger partial charge is 0.336 e. The molecule has 2 aromatic carbocycles. The minimum absolute atomic E-state index is 0.0916. The Morgan fingerprint density at radius 2 is 1.83 bits per heavy atom. The van der Waals surface area contributed by atoms with Crippen molar-refractivity contribution in [1.82, 2.24) is 15.2 Å². The first-order chi connectivity index (χ1) is 13.8. The predicted octanol–water partition coefficient (Wildman–Crippen LogP) is 3.31. The maximum absolute atomic E-state index is 11.9. The average molecular weight is 392 g/mol. The van der Waals surface area contributed by atoms with Gasteiger partial charge in [-0.2, -0.15) is 5.10 Å². The molecule has 10 nitrogen and oxygen atoms in total. The number of carboxylic acids is 1. The maximum Gasteiger partial charge on any atom is 0.336 e. The monoisotopic (exact) mass is 392 g/mol. The first-order valence-electron chi connectivity index (χ1n) is 8.24. The molecule has 0 aliphatic heterocycles. The van der Waals surface area contributed by atoms with Gasteiger partial charge in [-0.15, -0.1) is 0 Å². The molecule has 29 heavy (non-hydrogen) atoms. The first-order valence-corrected chi connectivity index (χ1v) is 8.24. The van der Waals surface area contributed by atoms with Crippen molar-refractivity contribution in [3.63, 3.8) is 0 Å². The summed E-state index contributed by atoms with van der Waals surface area (Å²) in [7, 11) is 0. The predicted molar refractivity (Wildman–Crippen MR) is 102 cm³/mol. The average Bonchev–Trinajstić information content (AvgIpc) is 3.13. The minimum Gasteiger partial charge on any atom is -0.504 e. The molecule has 0 unspecified atom stereocenters. The molecule has 4 aromatic rings. The van der Waals surface area contributed by atoms with Crippen LogP contribution in [0.25, 0.3) is 33.5 Å². The van der Waals surface area contributed by atoms with Gasteiger partial charge in [0.2, 0.25) is 0 Å². The number of fused-ring (bicyclic) bond motifs is 1. The van der Waals surface area contributed by atoms with Crippen molar-refractivity contribution in [1.29, 1.82) is 0 Å². The molecule has 144 valence electrons. The Hall–Kier alpha value is -4.47. The molecule has 0 atom stereocenters. The molecule has 0 saturated heterocycles. The molecular weight excluding hydrogens is 380 g/mol. The van der Waals surface area contributed by atoms with Crippen LogP contribution in [-0.4, -0.2) is 41.4 Å². The fourth-order valence-corrected chi connectivity index (χ4v) is 3.01. The number of non-ortho nitro benzene ring substituents is 1. The third-order valence-corrected chi connectivity index (χ3v) is 4.37. The molecular formula is C19H12N4O6. The van der Waals surface area contributed by atoms with Gasteiger partial charge in [-0.05, 0) is 24.3 Å². The number of nitrogens with zero attached hydrogens (tertiary/aromatic N) is 3. The van der Waals surface area contributed by atoms with E-state index in [9.17, 15) is 30.2 Å². The fourth-order valence-electron chi connectivity index (χ4n) is 3.01. The molecule has 0 saturated carbocycles. The first kappa shape index (κ1) is 17.9. The number of rotatable bonds is 4. The number of nitro benzene ring substituents is 1. The summed E-state index contributed by atoms with van der Waals surface area (Å²) in [5.41, 5.74) is 1.11. The number of carboxylic acid groups (broad SMARTS) is 1. The van der Waals surface area contributed by atoms with Gasteiger partial charge in [0.15, 0.2) is 17.1 Å². The molecule has 0 amide bonds. The van der Waals surface area contributed by atoms with E-state index in [4.69, 9.17) is 0 Å². The molecule has 4 N–H and O–H groups in total. The molecule has 0 fully saturated rings. The number of benzene rings is 2. The highest BCUT2D eigenvalue weighted by atomic mass is 16.6. The van der Waals surface area contributed by atoms with Crippen molar-refractivity contribution in [3.05, 3.63) is 64.2 Å². The van der Waals surface area contributed by atoms with Crippen LogP contribution in [-0.2, 0) is 0 Å². The standard InChI is InChI=1S/C19H12N4O6/c24-14-5-4-9(7-15(14)25)13-8-12(19(26)27)16-17(21-22-18(16)20-13)10-2-1-3-11(6-10)23(28)29/h1-8,24-25H,(H,26,27)(H,20,21,22). The lowest BCUT2D eigenvalue weighted by atomic mass is 10.0. The number of H-pyrrole nitrogens is 1. The highest BCUT2D eigenvalue weighted by Crippen LogP contribution is 2.34. The topological polar surface area (TPSA) is 162 Å². The largest absolute Gasteiger partial charge is 0.504 e. The molecule has 10 heteroatoms. The Bertz CT molecular complexity index is 1300. The normalized spacial score (nSPS) is 10.9. The van der Waals surface area contributed by atoms with Gasteiger partial charge < -0.3 is 15.3 Å². The van der Waals surface area contributed by atoms with Crippen LogP contribution in [0.5, 0.6) is 11.5 Å².